The Labute approximate surface area is 140 Å². The van der Waals surface area contributed by atoms with E-state index in [2.05, 4.69) is 25.3 Å². The van der Waals surface area contributed by atoms with E-state index in [-0.39, 0.29) is 18.2 Å². The molecule has 1 saturated heterocycles. The van der Waals surface area contributed by atoms with E-state index in [1.807, 2.05) is 30.1 Å². The summed E-state index contributed by atoms with van der Waals surface area (Å²) in [4.78, 5) is 10.9. The monoisotopic (exact) mass is 330 g/mol. The number of hydrogen-bond acceptors (Lipinski definition) is 7. The van der Waals surface area contributed by atoms with Gasteiger partial charge in [-0.15, -0.1) is 0 Å². The van der Waals surface area contributed by atoms with Crippen molar-refractivity contribution >= 4 is 11.6 Å². The average molecular weight is 330 g/mol. The minimum Gasteiger partial charge on any atom is -0.391 e. The Morgan fingerprint density at radius 2 is 2.12 bits per heavy atom. The zero-order chi connectivity index (χ0) is 16.5. The molecule has 128 valence electrons. The van der Waals surface area contributed by atoms with Gasteiger partial charge in [-0.2, -0.15) is 5.10 Å². The van der Waals surface area contributed by atoms with E-state index in [1.165, 1.54) is 0 Å². The number of anilines is 2. The first-order chi connectivity index (χ1) is 11.7. The van der Waals surface area contributed by atoms with Crippen molar-refractivity contribution in [2.24, 2.45) is 0 Å². The van der Waals surface area contributed by atoms with Gasteiger partial charge in [0.15, 0.2) is 0 Å². The molecule has 1 aliphatic carbocycles. The zero-order valence-corrected chi connectivity index (χ0v) is 13.7. The van der Waals surface area contributed by atoms with Gasteiger partial charge in [0.1, 0.15) is 18.0 Å². The number of aryl methyl sites for hydroxylation is 1. The molecule has 1 saturated carbocycles. The fourth-order valence-electron chi connectivity index (χ4n) is 3.29. The van der Waals surface area contributed by atoms with Gasteiger partial charge in [0.05, 0.1) is 37.6 Å². The topological polar surface area (TPSA) is 88.3 Å². The second-order valence-electron chi connectivity index (χ2n) is 6.40. The molecule has 2 fully saturated rings. The SMILES string of the molecule is Cc1cnn([C@H]2[C@H](O)C[C@@H]2Nc2cc(N3CCOCC3)ncn2)c1. The lowest BCUT2D eigenvalue weighted by atomic mass is 9.83. The van der Waals surface area contributed by atoms with E-state index in [9.17, 15) is 5.11 Å². The first-order valence-electron chi connectivity index (χ1n) is 8.31. The van der Waals surface area contributed by atoms with Crippen LogP contribution in [0.15, 0.2) is 24.8 Å². The summed E-state index contributed by atoms with van der Waals surface area (Å²) >= 11 is 0. The van der Waals surface area contributed by atoms with Crippen molar-refractivity contribution < 1.29 is 9.84 Å². The lowest BCUT2D eigenvalue weighted by molar-refractivity contribution is 0.0133. The summed E-state index contributed by atoms with van der Waals surface area (Å²) < 4.78 is 7.22. The molecule has 0 amide bonds. The maximum Gasteiger partial charge on any atom is 0.134 e. The number of morpholine rings is 1. The Hall–Kier alpha value is -2.19. The summed E-state index contributed by atoms with van der Waals surface area (Å²) in [5.74, 6) is 1.68. The number of ether oxygens (including phenoxy) is 1. The molecule has 0 aromatic carbocycles. The van der Waals surface area contributed by atoms with E-state index >= 15 is 0 Å². The van der Waals surface area contributed by atoms with E-state index in [0.29, 0.717) is 6.42 Å². The van der Waals surface area contributed by atoms with E-state index in [4.69, 9.17) is 4.74 Å². The molecule has 24 heavy (non-hydrogen) atoms. The molecule has 3 heterocycles. The van der Waals surface area contributed by atoms with Gasteiger partial charge in [-0.05, 0) is 18.9 Å². The average Bonchev–Trinajstić information content (AvgIpc) is 3.00. The summed E-state index contributed by atoms with van der Waals surface area (Å²) in [6.07, 6.45) is 5.64. The third kappa shape index (κ3) is 2.94. The molecule has 2 N–H and O–H groups in total. The van der Waals surface area contributed by atoms with E-state index < -0.39 is 0 Å². The molecule has 2 aliphatic rings. The minimum absolute atomic E-state index is 0.0690. The lowest BCUT2D eigenvalue weighted by Gasteiger charge is -2.42. The molecule has 4 rings (SSSR count). The minimum atomic E-state index is -0.387. The number of nitrogens with zero attached hydrogens (tertiary/aromatic N) is 5. The first kappa shape index (κ1) is 15.3. The number of aliphatic hydroxyl groups is 1. The molecule has 8 heteroatoms. The number of rotatable bonds is 4. The van der Waals surface area contributed by atoms with Crippen LogP contribution in [-0.4, -0.2) is 63.3 Å². The highest BCUT2D eigenvalue weighted by atomic mass is 16.5. The Kier molecular flexibility index (Phi) is 4.07. The first-order valence-corrected chi connectivity index (χ1v) is 8.31. The Morgan fingerprint density at radius 1 is 1.29 bits per heavy atom. The van der Waals surface area contributed by atoms with Crippen LogP contribution < -0.4 is 10.2 Å². The smallest absolute Gasteiger partial charge is 0.134 e. The van der Waals surface area contributed by atoms with E-state index in [1.54, 1.807) is 6.33 Å². The molecule has 2 aromatic rings. The molecular formula is C16H22N6O2. The predicted octanol–water partition coefficient (Wildman–Crippen LogP) is 0.605. The lowest BCUT2D eigenvalue weighted by Crippen LogP contribution is -2.51. The Bertz CT molecular complexity index is 699. The van der Waals surface area contributed by atoms with Crippen molar-refractivity contribution in [2.45, 2.75) is 31.5 Å². The zero-order valence-electron chi connectivity index (χ0n) is 13.7. The molecule has 8 nitrogen and oxygen atoms in total. The molecule has 0 spiro atoms. The van der Waals surface area contributed by atoms with Crippen molar-refractivity contribution in [3.63, 3.8) is 0 Å². The molecule has 0 radical (unpaired) electrons. The fourth-order valence-corrected chi connectivity index (χ4v) is 3.29. The predicted molar refractivity (Wildman–Crippen MR) is 89.1 cm³/mol. The summed E-state index contributed by atoms with van der Waals surface area (Å²) in [5.41, 5.74) is 1.09. The highest BCUT2D eigenvalue weighted by molar-refractivity contribution is 5.49. The van der Waals surface area contributed by atoms with Crippen LogP contribution in [0.25, 0.3) is 0 Å². The van der Waals surface area contributed by atoms with Crippen LogP contribution in [0.3, 0.4) is 0 Å². The Balaban J connectivity index is 1.47. The van der Waals surface area contributed by atoms with E-state index in [0.717, 1.165) is 43.5 Å². The van der Waals surface area contributed by atoms with Gasteiger partial charge in [0.2, 0.25) is 0 Å². The van der Waals surface area contributed by atoms with Crippen molar-refractivity contribution in [1.82, 2.24) is 19.7 Å². The van der Waals surface area contributed by atoms with Gasteiger partial charge >= 0.3 is 0 Å². The molecule has 0 unspecified atom stereocenters. The Morgan fingerprint density at radius 3 is 2.83 bits per heavy atom. The number of nitrogens with one attached hydrogen (secondary N) is 1. The summed E-state index contributed by atoms with van der Waals surface area (Å²) in [5, 5.41) is 17.9. The van der Waals surface area contributed by atoms with Crippen LogP contribution in [0.5, 0.6) is 0 Å². The van der Waals surface area contributed by atoms with Crippen molar-refractivity contribution in [2.75, 3.05) is 36.5 Å². The molecule has 3 atom stereocenters. The third-order valence-electron chi connectivity index (χ3n) is 4.66. The van der Waals surface area contributed by atoms with Gasteiger partial charge in [0.25, 0.3) is 0 Å². The number of hydrogen-bond donors (Lipinski definition) is 2. The van der Waals surface area contributed by atoms with Crippen LogP contribution in [0, 0.1) is 6.92 Å². The van der Waals surface area contributed by atoms with Crippen LogP contribution in [-0.2, 0) is 4.74 Å². The molecular weight excluding hydrogens is 308 g/mol. The largest absolute Gasteiger partial charge is 0.391 e. The molecule has 2 aromatic heterocycles. The maximum atomic E-state index is 10.1. The van der Waals surface area contributed by atoms with Gasteiger partial charge in [-0.3, -0.25) is 4.68 Å². The molecule has 0 bridgehead atoms. The standard InChI is InChI=1S/C16H22N6O2/c1-11-8-19-22(9-11)16-12(6-13(16)23)20-14-7-15(18-10-17-14)21-2-4-24-5-3-21/h7-10,12-13,16,23H,2-6H2,1H3,(H,17,18,20)/t12-,13+,16+/m0/s1. The van der Waals surface area contributed by atoms with Crippen LogP contribution in [0.2, 0.25) is 0 Å². The summed E-state index contributed by atoms with van der Waals surface area (Å²) in [7, 11) is 0. The van der Waals surface area contributed by atoms with Gasteiger partial charge in [0, 0.05) is 25.4 Å². The quantitative estimate of drug-likeness (QED) is 0.849. The highest BCUT2D eigenvalue weighted by Gasteiger charge is 2.42. The summed E-state index contributed by atoms with van der Waals surface area (Å²) in [6.45, 7) is 5.13. The highest BCUT2D eigenvalue weighted by Crippen LogP contribution is 2.35. The second-order valence-corrected chi connectivity index (χ2v) is 6.40. The summed E-state index contributed by atoms with van der Waals surface area (Å²) in [6, 6.07) is 1.99. The van der Waals surface area contributed by atoms with Gasteiger partial charge < -0.3 is 20.1 Å². The van der Waals surface area contributed by atoms with Crippen molar-refractivity contribution in [3.8, 4) is 0 Å². The van der Waals surface area contributed by atoms with Crippen LogP contribution in [0.1, 0.15) is 18.0 Å². The van der Waals surface area contributed by atoms with Crippen LogP contribution in [0.4, 0.5) is 11.6 Å². The van der Waals surface area contributed by atoms with Gasteiger partial charge in [-0.25, -0.2) is 9.97 Å². The molecule has 1 aliphatic heterocycles. The number of aliphatic hydroxyl groups excluding tert-OH is 1. The third-order valence-corrected chi connectivity index (χ3v) is 4.66. The van der Waals surface area contributed by atoms with Crippen molar-refractivity contribution in [1.29, 1.82) is 0 Å². The second kappa shape index (κ2) is 6.37. The maximum absolute atomic E-state index is 10.1. The van der Waals surface area contributed by atoms with Gasteiger partial charge in [-0.1, -0.05) is 0 Å². The fraction of sp³-hybridized carbons (Fsp3) is 0.562. The normalized spacial score (nSPS) is 26.9. The van der Waals surface area contributed by atoms with Crippen molar-refractivity contribution in [3.05, 3.63) is 30.4 Å². The van der Waals surface area contributed by atoms with Crippen LogP contribution >= 0.6 is 0 Å². The number of aromatic nitrogens is 4.